The third-order valence-corrected chi connectivity index (χ3v) is 3.24. The summed E-state index contributed by atoms with van der Waals surface area (Å²) < 4.78 is 0. The van der Waals surface area contributed by atoms with Crippen LogP contribution >= 0.6 is 0 Å². The molecule has 18 heavy (non-hydrogen) atoms. The fourth-order valence-corrected chi connectivity index (χ4v) is 1.67. The lowest BCUT2D eigenvalue weighted by molar-refractivity contribution is -0.172. The van der Waals surface area contributed by atoms with E-state index in [1.54, 1.807) is 13.8 Å². The Hall–Kier alpha value is -1.10. The van der Waals surface area contributed by atoms with E-state index in [0.717, 1.165) is 25.7 Å². The molecule has 0 aromatic heterocycles. The van der Waals surface area contributed by atoms with Gasteiger partial charge in [-0.25, -0.2) is 4.79 Å². The number of unbranched alkanes of at least 4 members (excludes halogenated alkanes) is 3. The monoisotopic (exact) mass is 259 g/mol. The Bertz CT molecular complexity index is 280. The molecule has 0 aliphatic heterocycles. The zero-order valence-corrected chi connectivity index (χ0v) is 11.5. The topological polar surface area (TPSA) is 86.6 Å². The number of carboxylic acid groups (broad SMARTS) is 1. The first-order valence-corrected chi connectivity index (χ1v) is 6.65. The van der Waals surface area contributed by atoms with Crippen LogP contribution < -0.4 is 5.32 Å². The van der Waals surface area contributed by atoms with Gasteiger partial charge in [-0.05, 0) is 12.8 Å². The van der Waals surface area contributed by atoms with Crippen molar-refractivity contribution in [3.05, 3.63) is 0 Å². The van der Waals surface area contributed by atoms with Gasteiger partial charge in [0.25, 0.3) is 0 Å². The maximum absolute atomic E-state index is 11.6. The smallest absolute Gasteiger partial charge is 0.357 e. The molecular weight excluding hydrogens is 234 g/mol. The molecule has 0 aromatic carbocycles. The summed E-state index contributed by atoms with van der Waals surface area (Å²) in [4.78, 5) is 22.7. The molecule has 0 rings (SSSR count). The zero-order valence-electron chi connectivity index (χ0n) is 11.5. The van der Waals surface area contributed by atoms with Gasteiger partial charge in [-0.3, -0.25) is 4.79 Å². The molecule has 0 spiro atoms. The lowest BCUT2D eigenvalue weighted by Gasteiger charge is -2.30. The Balaban J connectivity index is 4.33. The maximum Gasteiger partial charge on any atom is 0.357 e. The van der Waals surface area contributed by atoms with Crippen LogP contribution in [0.25, 0.3) is 0 Å². The Morgan fingerprint density at radius 3 is 2.28 bits per heavy atom. The van der Waals surface area contributed by atoms with Crippen LogP contribution in [0.4, 0.5) is 0 Å². The highest BCUT2D eigenvalue weighted by Crippen LogP contribution is 2.18. The second-order valence-electron chi connectivity index (χ2n) is 4.74. The van der Waals surface area contributed by atoms with Gasteiger partial charge < -0.3 is 15.5 Å². The Labute approximate surface area is 109 Å². The van der Waals surface area contributed by atoms with Crippen molar-refractivity contribution in [3.8, 4) is 0 Å². The van der Waals surface area contributed by atoms with Gasteiger partial charge in [-0.1, -0.05) is 40.0 Å². The highest BCUT2D eigenvalue weighted by atomic mass is 16.4. The predicted octanol–water partition coefficient (Wildman–Crippen LogP) is 1.89. The first-order valence-electron chi connectivity index (χ1n) is 6.65. The quantitative estimate of drug-likeness (QED) is 0.436. The summed E-state index contributed by atoms with van der Waals surface area (Å²) in [5.41, 5.74) is -2.16. The molecule has 0 saturated heterocycles. The standard InChI is InChI=1S/C13H25NO4/c1-4-6-7-8-9-11(15)14-13(18,12(16)17)10(3)5-2/h10,18H,4-9H2,1-3H3,(H,14,15)(H,16,17). The van der Waals surface area contributed by atoms with E-state index in [9.17, 15) is 14.7 Å². The summed E-state index contributed by atoms with van der Waals surface area (Å²) in [6.07, 6.45) is 4.52. The molecule has 0 aliphatic rings. The lowest BCUT2D eigenvalue weighted by atomic mass is 9.94. The number of aliphatic carboxylic acids is 1. The van der Waals surface area contributed by atoms with Gasteiger partial charge >= 0.3 is 5.97 Å². The van der Waals surface area contributed by atoms with Gasteiger partial charge in [0.15, 0.2) is 0 Å². The molecule has 5 heteroatoms. The second kappa shape index (κ2) is 8.08. The fraction of sp³-hybridized carbons (Fsp3) is 0.846. The summed E-state index contributed by atoms with van der Waals surface area (Å²) >= 11 is 0. The minimum Gasteiger partial charge on any atom is -0.478 e. The van der Waals surface area contributed by atoms with Gasteiger partial charge in [-0.15, -0.1) is 0 Å². The van der Waals surface area contributed by atoms with Crippen LogP contribution in [0, 0.1) is 5.92 Å². The number of carbonyl (C=O) groups is 2. The van der Waals surface area contributed by atoms with Crippen molar-refractivity contribution in [1.82, 2.24) is 5.32 Å². The van der Waals surface area contributed by atoms with E-state index >= 15 is 0 Å². The molecule has 0 radical (unpaired) electrons. The SMILES string of the molecule is CCCCCCC(=O)NC(O)(C(=O)O)C(C)CC. The van der Waals surface area contributed by atoms with Crippen molar-refractivity contribution in [2.24, 2.45) is 5.92 Å². The zero-order chi connectivity index (χ0) is 14.2. The van der Waals surface area contributed by atoms with Gasteiger partial charge in [0, 0.05) is 12.3 Å². The number of amides is 1. The largest absolute Gasteiger partial charge is 0.478 e. The average Bonchev–Trinajstić information content (AvgIpc) is 2.33. The highest BCUT2D eigenvalue weighted by molar-refractivity contribution is 5.85. The van der Waals surface area contributed by atoms with Crippen LogP contribution in [0.3, 0.4) is 0 Å². The molecule has 5 nitrogen and oxygen atoms in total. The predicted molar refractivity (Wildman–Crippen MR) is 68.9 cm³/mol. The minimum atomic E-state index is -2.16. The molecule has 1 amide bonds. The van der Waals surface area contributed by atoms with E-state index in [4.69, 9.17) is 5.11 Å². The lowest BCUT2D eigenvalue weighted by Crippen LogP contribution is -2.58. The molecule has 0 aliphatic carbocycles. The van der Waals surface area contributed by atoms with Crippen LogP contribution in [0.15, 0.2) is 0 Å². The minimum absolute atomic E-state index is 0.256. The highest BCUT2D eigenvalue weighted by Gasteiger charge is 2.42. The molecule has 0 fully saturated rings. The van der Waals surface area contributed by atoms with Crippen molar-refractivity contribution in [1.29, 1.82) is 0 Å². The molecule has 106 valence electrons. The molecule has 0 bridgehead atoms. The third-order valence-electron chi connectivity index (χ3n) is 3.24. The van der Waals surface area contributed by atoms with Crippen LogP contribution in [-0.4, -0.2) is 27.8 Å². The van der Waals surface area contributed by atoms with Gasteiger partial charge in [0.2, 0.25) is 11.6 Å². The second-order valence-corrected chi connectivity index (χ2v) is 4.74. The third kappa shape index (κ3) is 5.04. The number of carbonyl (C=O) groups excluding carboxylic acids is 1. The number of rotatable bonds is 9. The van der Waals surface area contributed by atoms with Crippen LogP contribution in [0.2, 0.25) is 0 Å². The van der Waals surface area contributed by atoms with E-state index in [1.807, 2.05) is 0 Å². The van der Waals surface area contributed by atoms with Crippen molar-refractivity contribution >= 4 is 11.9 Å². The van der Waals surface area contributed by atoms with Crippen molar-refractivity contribution in [2.45, 2.75) is 65.0 Å². The molecule has 0 saturated carbocycles. The van der Waals surface area contributed by atoms with E-state index in [0.29, 0.717) is 6.42 Å². The molecule has 3 N–H and O–H groups in total. The normalized spacial score (nSPS) is 15.8. The summed E-state index contributed by atoms with van der Waals surface area (Å²) in [5, 5.41) is 21.3. The van der Waals surface area contributed by atoms with E-state index in [2.05, 4.69) is 12.2 Å². The maximum atomic E-state index is 11.6. The Kier molecular flexibility index (Phi) is 7.59. The van der Waals surface area contributed by atoms with Gasteiger partial charge in [-0.2, -0.15) is 0 Å². The van der Waals surface area contributed by atoms with Crippen LogP contribution in [0.1, 0.15) is 59.3 Å². The van der Waals surface area contributed by atoms with Crippen molar-refractivity contribution in [2.75, 3.05) is 0 Å². The fourth-order valence-electron chi connectivity index (χ4n) is 1.67. The Morgan fingerprint density at radius 2 is 1.83 bits per heavy atom. The van der Waals surface area contributed by atoms with Crippen LogP contribution in [-0.2, 0) is 9.59 Å². The number of nitrogens with one attached hydrogen (secondary N) is 1. The summed E-state index contributed by atoms with van der Waals surface area (Å²) in [5.74, 6) is -2.34. The number of carboxylic acids is 1. The first-order chi connectivity index (χ1) is 8.38. The molecule has 2 unspecified atom stereocenters. The Morgan fingerprint density at radius 1 is 1.22 bits per heavy atom. The number of hydrogen-bond acceptors (Lipinski definition) is 3. The summed E-state index contributed by atoms with van der Waals surface area (Å²) in [6.45, 7) is 5.45. The summed E-state index contributed by atoms with van der Waals surface area (Å²) in [6, 6.07) is 0. The number of hydrogen-bond donors (Lipinski definition) is 3. The first kappa shape index (κ1) is 16.9. The van der Waals surface area contributed by atoms with Crippen LogP contribution in [0.5, 0.6) is 0 Å². The van der Waals surface area contributed by atoms with Crippen molar-refractivity contribution in [3.63, 3.8) is 0 Å². The van der Waals surface area contributed by atoms with E-state index in [1.165, 1.54) is 0 Å². The van der Waals surface area contributed by atoms with Crippen molar-refractivity contribution < 1.29 is 19.8 Å². The van der Waals surface area contributed by atoms with Gasteiger partial charge in [0.05, 0.1) is 0 Å². The molecule has 0 aromatic rings. The van der Waals surface area contributed by atoms with E-state index < -0.39 is 23.5 Å². The molecule has 0 heterocycles. The van der Waals surface area contributed by atoms with E-state index in [-0.39, 0.29) is 6.42 Å². The molecule has 2 atom stereocenters. The summed E-state index contributed by atoms with van der Waals surface area (Å²) in [7, 11) is 0. The number of aliphatic hydroxyl groups is 1. The average molecular weight is 259 g/mol. The van der Waals surface area contributed by atoms with Gasteiger partial charge in [0.1, 0.15) is 0 Å². The molecular formula is C13H25NO4.